The van der Waals surface area contributed by atoms with Gasteiger partial charge in [0.05, 0.1) is 32.0 Å². The van der Waals surface area contributed by atoms with Gasteiger partial charge in [-0.05, 0) is 51.4 Å². The summed E-state index contributed by atoms with van der Waals surface area (Å²) in [4.78, 5) is 13.2. The van der Waals surface area contributed by atoms with E-state index in [-0.39, 0.29) is 18.9 Å². The van der Waals surface area contributed by atoms with Crippen molar-refractivity contribution in [2.75, 3.05) is 19.8 Å². The third-order valence-corrected chi connectivity index (χ3v) is 13.3. The first-order chi connectivity index (χ1) is 33.6. The van der Waals surface area contributed by atoms with Gasteiger partial charge in [-0.15, -0.1) is 0 Å². The molecular formula is C55H99NO13. The van der Waals surface area contributed by atoms with Crippen LogP contribution in [0.5, 0.6) is 0 Å². The molecule has 69 heavy (non-hydrogen) atoms. The van der Waals surface area contributed by atoms with Crippen LogP contribution in [-0.4, -0.2) is 140 Å². The average molecular weight is 982 g/mol. The minimum atomic E-state index is -1.79. The van der Waals surface area contributed by atoms with Crippen molar-refractivity contribution in [3.05, 3.63) is 48.6 Å². The largest absolute Gasteiger partial charge is 0.394 e. The maximum Gasteiger partial charge on any atom is 0.220 e. The molecule has 0 spiro atoms. The predicted molar refractivity (Wildman–Crippen MR) is 272 cm³/mol. The number of ether oxygens (including phenoxy) is 4. The molecule has 14 heteroatoms. The molecule has 12 atom stereocenters. The van der Waals surface area contributed by atoms with Gasteiger partial charge in [0.25, 0.3) is 0 Å². The van der Waals surface area contributed by atoms with Gasteiger partial charge in [-0.25, -0.2) is 0 Å². The van der Waals surface area contributed by atoms with E-state index in [4.69, 9.17) is 18.9 Å². The lowest BCUT2D eigenvalue weighted by Gasteiger charge is -2.46. The van der Waals surface area contributed by atoms with E-state index < -0.39 is 86.8 Å². The van der Waals surface area contributed by atoms with Crippen molar-refractivity contribution < 1.29 is 64.6 Å². The van der Waals surface area contributed by atoms with Gasteiger partial charge in [-0.3, -0.25) is 4.79 Å². The molecule has 9 N–H and O–H groups in total. The number of amides is 1. The van der Waals surface area contributed by atoms with E-state index in [1.54, 1.807) is 6.08 Å². The van der Waals surface area contributed by atoms with E-state index >= 15 is 0 Å². The summed E-state index contributed by atoms with van der Waals surface area (Å²) < 4.78 is 22.7. The molecule has 2 aliphatic heterocycles. The summed E-state index contributed by atoms with van der Waals surface area (Å²) in [7, 11) is 0. The molecule has 1 amide bonds. The molecule has 2 rings (SSSR count). The number of rotatable bonds is 42. The number of carbonyl (C=O) groups excluding carboxylic acids is 1. The molecule has 0 aromatic carbocycles. The molecule has 2 fully saturated rings. The van der Waals surface area contributed by atoms with Crippen LogP contribution < -0.4 is 5.32 Å². The highest BCUT2D eigenvalue weighted by Gasteiger charge is 2.51. The number of allylic oxidation sites excluding steroid dienone is 7. The maximum atomic E-state index is 13.2. The van der Waals surface area contributed by atoms with Crippen molar-refractivity contribution in [1.29, 1.82) is 0 Å². The number of unbranched alkanes of at least 4 members (excludes halogenated alkanes) is 23. The van der Waals surface area contributed by atoms with Crippen LogP contribution in [0.15, 0.2) is 48.6 Å². The zero-order valence-electron chi connectivity index (χ0n) is 42.8. The number of aliphatic hydroxyl groups is 8. The summed E-state index contributed by atoms with van der Waals surface area (Å²) in [6.45, 7) is 2.67. The molecule has 0 aromatic heterocycles. The summed E-state index contributed by atoms with van der Waals surface area (Å²) in [5.74, 6) is -0.251. The van der Waals surface area contributed by atoms with Gasteiger partial charge in [-0.2, -0.15) is 0 Å². The van der Waals surface area contributed by atoms with Crippen molar-refractivity contribution in [1.82, 2.24) is 5.32 Å². The van der Waals surface area contributed by atoms with Crippen LogP contribution in [0.25, 0.3) is 0 Å². The third kappa shape index (κ3) is 28.1. The van der Waals surface area contributed by atoms with Crippen LogP contribution in [0.2, 0.25) is 0 Å². The highest BCUT2D eigenvalue weighted by atomic mass is 16.7. The van der Waals surface area contributed by atoms with Crippen LogP contribution >= 0.6 is 0 Å². The fourth-order valence-electron chi connectivity index (χ4n) is 8.83. The number of aliphatic hydroxyl groups excluding tert-OH is 8. The second-order valence-corrected chi connectivity index (χ2v) is 19.3. The molecule has 2 heterocycles. The van der Waals surface area contributed by atoms with E-state index in [0.29, 0.717) is 6.42 Å². The fraction of sp³-hybridized carbons (Fsp3) is 0.836. The lowest BCUT2D eigenvalue weighted by Crippen LogP contribution is -2.65. The van der Waals surface area contributed by atoms with Gasteiger partial charge in [0, 0.05) is 6.42 Å². The summed E-state index contributed by atoms with van der Waals surface area (Å²) >= 11 is 0. The van der Waals surface area contributed by atoms with Gasteiger partial charge in [0.2, 0.25) is 5.91 Å². The van der Waals surface area contributed by atoms with Gasteiger partial charge in [0.1, 0.15) is 48.8 Å². The Kier molecular flexibility index (Phi) is 37.9. The van der Waals surface area contributed by atoms with Crippen LogP contribution in [0.1, 0.15) is 200 Å². The molecule has 12 unspecified atom stereocenters. The number of nitrogens with one attached hydrogen (secondary N) is 1. The van der Waals surface area contributed by atoms with Gasteiger partial charge < -0.3 is 65.1 Å². The summed E-state index contributed by atoms with van der Waals surface area (Å²) in [5.41, 5.74) is 0. The minimum absolute atomic E-state index is 0.251. The molecule has 2 aliphatic rings. The standard InChI is InChI=1S/C55H99NO13/c1-3-5-7-9-11-13-15-17-19-21-23-24-26-28-30-32-34-36-38-44(59)43(56-47(60)39-37-35-33-31-29-27-25-22-20-18-16-14-12-10-8-6-4-2)42-66-54-52(65)50(63)53(46(41-58)68-54)69-55-51(64)49(62)48(61)45(40-57)67-55/h6,8,12,14,18,20,36,38,43-46,48-55,57-59,61-65H,3-5,7,9-11,13,15-17,19,21-35,37,39-42H2,1-2H3,(H,56,60)/b8-6-,14-12-,20-18-,38-36+. The zero-order chi connectivity index (χ0) is 50.3. The Hall–Kier alpha value is -2.05. The Balaban J connectivity index is 1.82. The molecule has 0 radical (unpaired) electrons. The Morgan fingerprint density at radius 2 is 1.00 bits per heavy atom. The first kappa shape index (κ1) is 63.1. The van der Waals surface area contributed by atoms with Gasteiger partial charge in [-0.1, -0.05) is 191 Å². The zero-order valence-corrected chi connectivity index (χ0v) is 42.8. The van der Waals surface area contributed by atoms with Crippen molar-refractivity contribution in [3.63, 3.8) is 0 Å². The first-order valence-electron chi connectivity index (χ1n) is 27.4. The fourth-order valence-corrected chi connectivity index (χ4v) is 8.83. The molecule has 0 bridgehead atoms. The number of carbonyl (C=O) groups is 1. The molecule has 14 nitrogen and oxygen atoms in total. The Labute approximate surface area is 416 Å². The van der Waals surface area contributed by atoms with Crippen LogP contribution in [0, 0.1) is 0 Å². The topological polar surface area (TPSA) is 228 Å². The van der Waals surface area contributed by atoms with E-state index in [0.717, 1.165) is 70.6 Å². The predicted octanol–water partition coefficient (Wildman–Crippen LogP) is 8.05. The molecule has 0 saturated carbocycles. The molecular weight excluding hydrogens is 883 g/mol. The Bertz CT molecular complexity index is 1340. The normalized spacial score (nSPS) is 26.5. The van der Waals surface area contributed by atoms with E-state index in [9.17, 15) is 45.6 Å². The lowest BCUT2D eigenvalue weighted by molar-refractivity contribution is -0.359. The van der Waals surface area contributed by atoms with Crippen molar-refractivity contribution in [2.24, 2.45) is 0 Å². The highest BCUT2D eigenvalue weighted by Crippen LogP contribution is 2.30. The first-order valence-corrected chi connectivity index (χ1v) is 27.4. The summed E-state index contributed by atoms with van der Waals surface area (Å²) in [5, 5.41) is 86.9. The smallest absolute Gasteiger partial charge is 0.220 e. The molecule has 402 valence electrons. The maximum absolute atomic E-state index is 13.2. The van der Waals surface area contributed by atoms with Crippen molar-refractivity contribution in [3.8, 4) is 0 Å². The van der Waals surface area contributed by atoms with Gasteiger partial charge >= 0.3 is 0 Å². The van der Waals surface area contributed by atoms with Crippen molar-refractivity contribution >= 4 is 5.91 Å². The van der Waals surface area contributed by atoms with Crippen LogP contribution in [-0.2, 0) is 23.7 Å². The van der Waals surface area contributed by atoms with Gasteiger partial charge in [0.15, 0.2) is 12.6 Å². The van der Waals surface area contributed by atoms with Crippen LogP contribution in [0.3, 0.4) is 0 Å². The van der Waals surface area contributed by atoms with E-state index in [1.807, 2.05) is 6.08 Å². The minimum Gasteiger partial charge on any atom is -0.394 e. The molecule has 0 aromatic rings. The van der Waals surface area contributed by atoms with Crippen LogP contribution in [0.4, 0.5) is 0 Å². The lowest BCUT2D eigenvalue weighted by atomic mass is 9.97. The Morgan fingerprint density at radius 3 is 1.54 bits per heavy atom. The quantitative estimate of drug-likeness (QED) is 0.0209. The number of hydrogen-bond donors (Lipinski definition) is 9. The molecule has 0 aliphatic carbocycles. The van der Waals surface area contributed by atoms with Crippen molar-refractivity contribution in [2.45, 2.75) is 274 Å². The average Bonchev–Trinajstić information content (AvgIpc) is 3.35. The second-order valence-electron chi connectivity index (χ2n) is 19.3. The highest BCUT2D eigenvalue weighted by molar-refractivity contribution is 5.76. The van der Waals surface area contributed by atoms with E-state index in [2.05, 4.69) is 55.6 Å². The summed E-state index contributed by atoms with van der Waals surface area (Å²) in [6, 6.07) is -0.920. The summed E-state index contributed by atoms with van der Waals surface area (Å²) in [6.07, 6.45) is 32.8. The Morgan fingerprint density at radius 1 is 0.536 bits per heavy atom. The third-order valence-electron chi connectivity index (χ3n) is 13.3. The van der Waals surface area contributed by atoms with E-state index in [1.165, 1.54) is 103 Å². The monoisotopic (exact) mass is 982 g/mol. The number of hydrogen-bond acceptors (Lipinski definition) is 13. The second kappa shape index (κ2) is 41.4. The molecule has 2 saturated heterocycles. The SMILES string of the molecule is CC/C=C\C/C=C\C/C=C\CCCCCCCCCC(=O)NC(COC1OC(CO)C(OC2OC(CO)C(O)C(O)C2O)C(O)C1O)C(O)/C=C/CCCCCCCCCCCCCCCCCC.